The van der Waals surface area contributed by atoms with E-state index in [0.29, 0.717) is 0 Å². The number of nitrogens with one attached hydrogen (secondary N) is 2. The van der Waals surface area contributed by atoms with Crippen LogP contribution in [-0.2, 0) is 0 Å². The summed E-state index contributed by atoms with van der Waals surface area (Å²) in [5, 5.41) is 24.6. The molecular weight excluding hydrogens is 394 g/mol. The predicted octanol–water partition coefficient (Wildman–Crippen LogP) is -7.05. The van der Waals surface area contributed by atoms with Crippen LogP contribution >= 0.6 is 0 Å². The molecule has 3 aromatic rings. The molecule has 0 aliphatic rings. The molecule has 2 heterocycles. The Hall–Kier alpha value is -0.477. The van der Waals surface area contributed by atoms with E-state index < -0.39 is 17.8 Å². The second-order valence-electron chi connectivity index (χ2n) is 4.72. The summed E-state index contributed by atoms with van der Waals surface area (Å²) in [6, 6.07) is 5.55. The van der Waals surface area contributed by atoms with Gasteiger partial charge < -0.3 is 30.1 Å². The van der Waals surface area contributed by atoms with Crippen LogP contribution in [0.25, 0.3) is 11.0 Å². The van der Waals surface area contributed by atoms with Crippen molar-refractivity contribution in [3.8, 4) is 0 Å². The van der Waals surface area contributed by atoms with Crippen LogP contribution in [0, 0.1) is 0 Å². The Morgan fingerprint density at radius 2 is 1.62 bits per heavy atom. The van der Waals surface area contributed by atoms with E-state index in [4.69, 9.17) is 0 Å². The van der Waals surface area contributed by atoms with E-state index in [9.17, 15) is 24.6 Å². The van der Waals surface area contributed by atoms with Gasteiger partial charge in [0, 0.05) is 17.3 Å². The van der Waals surface area contributed by atoms with Gasteiger partial charge in [0.2, 0.25) is 0 Å². The molecule has 0 atom stereocenters. The fraction of sp³-hybridized carbons (Fsp3) is 0. The number of hydrogen-bond donors (Lipinski definition) is 2. The number of carboxylic acids is 2. The number of anilines is 1. The number of fused-ring (bicyclic) bond motifs is 1. The molecule has 3 rings (SSSR count). The molecule has 0 bridgehead atoms. The topological polar surface area (TPSA) is 151 Å². The first-order chi connectivity index (χ1) is 11.5. The third-order valence-corrected chi connectivity index (χ3v) is 3.30. The first-order valence-electron chi connectivity index (χ1n) is 6.64. The minimum Gasteiger partial charge on any atom is -0.545 e. The number of aromatic carboxylic acids is 2. The van der Waals surface area contributed by atoms with Gasteiger partial charge in [0.25, 0.3) is 5.91 Å². The number of carboxylic acid groups (broad SMARTS) is 2. The molecule has 0 spiro atoms. The molecule has 120 valence electrons. The molecular formula is C15H8K2N4O5. The van der Waals surface area contributed by atoms with Gasteiger partial charge in [0.15, 0.2) is 0 Å². The first kappa shape index (κ1) is 23.6. The summed E-state index contributed by atoms with van der Waals surface area (Å²) in [5.41, 5.74) is -0.297. The summed E-state index contributed by atoms with van der Waals surface area (Å²) < 4.78 is 0. The van der Waals surface area contributed by atoms with Crippen molar-refractivity contribution in [2.45, 2.75) is 0 Å². The van der Waals surface area contributed by atoms with Crippen molar-refractivity contribution in [1.82, 2.24) is 15.0 Å². The molecule has 0 saturated carbocycles. The average Bonchev–Trinajstić information content (AvgIpc) is 2.97. The molecule has 0 unspecified atom stereocenters. The Morgan fingerprint density at radius 1 is 0.962 bits per heavy atom. The number of hydrogen-bond acceptors (Lipinski definition) is 7. The van der Waals surface area contributed by atoms with Crippen LogP contribution in [0.5, 0.6) is 0 Å². The SMILES string of the molecule is O=C([O-])c1ccccc1C(=O)Nc1c[nH]c2c(C(=O)[O-])ncnc12.[K+].[K+]. The fourth-order valence-corrected chi connectivity index (χ4v) is 2.24. The summed E-state index contributed by atoms with van der Waals surface area (Å²) in [4.78, 5) is 44.5. The van der Waals surface area contributed by atoms with Gasteiger partial charge in [0.1, 0.15) is 17.5 Å². The van der Waals surface area contributed by atoms with Gasteiger partial charge in [-0.3, -0.25) is 4.79 Å². The van der Waals surface area contributed by atoms with E-state index in [0.717, 1.165) is 6.33 Å². The molecule has 0 aliphatic carbocycles. The Labute approximate surface area is 231 Å². The smallest absolute Gasteiger partial charge is 0.545 e. The normalized spacial score (nSPS) is 9.69. The van der Waals surface area contributed by atoms with Crippen LogP contribution in [0.3, 0.4) is 0 Å². The monoisotopic (exact) mass is 402 g/mol. The van der Waals surface area contributed by atoms with Gasteiger partial charge in [-0.25, -0.2) is 9.97 Å². The number of carbonyl (C=O) groups is 3. The predicted molar refractivity (Wildman–Crippen MR) is 76.9 cm³/mol. The van der Waals surface area contributed by atoms with Gasteiger partial charge >= 0.3 is 103 Å². The average molecular weight is 402 g/mol. The van der Waals surface area contributed by atoms with E-state index >= 15 is 0 Å². The van der Waals surface area contributed by atoms with Crippen molar-refractivity contribution in [2.24, 2.45) is 0 Å². The molecule has 0 aliphatic heterocycles. The third kappa shape index (κ3) is 4.87. The zero-order chi connectivity index (χ0) is 17.3. The summed E-state index contributed by atoms with van der Waals surface area (Å²) in [6.45, 7) is 0. The van der Waals surface area contributed by atoms with E-state index in [1.54, 1.807) is 0 Å². The number of amides is 1. The van der Waals surface area contributed by atoms with Gasteiger partial charge in [-0.15, -0.1) is 0 Å². The Morgan fingerprint density at radius 3 is 2.23 bits per heavy atom. The molecule has 11 heteroatoms. The Bertz CT molecular complexity index is 989. The standard InChI is InChI=1S/C15H10N4O5.2K/c20-13(7-3-1-2-4-8(7)14(21)22)19-9-5-16-11-10(9)17-6-18-12(11)15(23)24;;/h1-6,16H,(H,19,20)(H,21,22)(H,23,24);;/q;2*+1/p-2. The summed E-state index contributed by atoms with van der Waals surface area (Å²) in [5.74, 6) is -3.69. The van der Waals surface area contributed by atoms with Gasteiger partial charge in [0.05, 0.1) is 23.1 Å². The van der Waals surface area contributed by atoms with Crippen molar-refractivity contribution < 1.29 is 127 Å². The van der Waals surface area contributed by atoms with Crippen molar-refractivity contribution >= 4 is 34.6 Å². The summed E-state index contributed by atoms with van der Waals surface area (Å²) >= 11 is 0. The zero-order valence-corrected chi connectivity index (χ0v) is 20.1. The largest absolute Gasteiger partial charge is 1.00 e. The fourth-order valence-electron chi connectivity index (χ4n) is 2.24. The minimum atomic E-state index is -1.50. The Balaban J connectivity index is 0.00000169. The number of aromatic nitrogens is 3. The number of nitrogens with zero attached hydrogens (tertiary/aromatic N) is 2. The van der Waals surface area contributed by atoms with Crippen molar-refractivity contribution in [3.63, 3.8) is 0 Å². The number of benzene rings is 1. The summed E-state index contributed by atoms with van der Waals surface area (Å²) in [6.07, 6.45) is 2.34. The number of carbonyl (C=O) groups excluding carboxylic acids is 3. The van der Waals surface area contributed by atoms with Gasteiger partial charge in [-0.2, -0.15) is 0 Å². The second-order valence-corrected chi connectivity index (χ2v) is 4.72. The molecule has 9 nitrogen and oxygen atoms in total. The van der Waals surface area contributed by atoms with Crippen molar-refractivity contribution in [3.05, 3.63) is 53.6 Å². The molecule has 0 fully saturated rings. The molecule has 1 amide bonds. The second kappa shape index (κ2) is 10.2. The van der Waals surface area contributed by atoms with Crippen LogP contribution < -0.4 is 118 Å². The molecule has 0 radical (unpaired) electrons. The Kier molecular flexibility index (Phi) is 9.22. The van der Waals surface area contributed by atoms with Crippen LogP contribution in [0.1, 0.15) is 31.2 Å². The van der Waals surface area contributed by atoms with E-state index in [-0.39, 0.29) is 136 Å². The third-order valence-electron chi connectivity index (χ3n) is 3.30. The molecule has 0 saturated heterocycles. The molecule has 1 aromatic carbocycles. The van der Waals surface area contributed by atoms with E-state index in [1.807, 2.05) is 0 Å². The van der Waals surface area contributed by atoms with Crippen LogP contribution in [0.4, 0.5) is 5.69 Å². The maximum absolute atomic E-state index is 12.3. The maximum atomic E-state index is 12.3. The summed E-state index contributed by atoms with van der Waals surface area (Å²) in [7, 11) is 0. The van der Waals surface area contributed by atoms with Gasteiger partial charge in [-0.05, 0) is 6.07 Å². The van der Waals surface area contributed by atoms with Crippen LogP contribution in [0.15, 0.2) is 36.8 Å². The number of rotatable bonds is 4. The first-order valence-corrected chi connectivity index (χ1v) is 6.64. The van der Waals surface area contributed by atoms with Crippen LogP contribution in [-0.4, -0.2) is 32.8 Å². The number of aromatic amines is 1. The minimum absolute atomic E-state index is 0. The quantitative estimate of drug-likeness (QED) is 0.412. The van der Waals surface area contributed by atoms with Crippen molar-refractivity contribution in [1.29, 1.82) is 0 Å². The van der Waals surface area contributed by atoms with Crippen molar-refractivity contribution in [2.75, 3.05) is 5.32 Å². The molecule has 2 aromatic heterocycles. The molecule has 2 N–H and O–H groups in total. The maximum Gasteiger partial charge on any atom is 1.00 e. The van der Waals surface area contributed by atoms with Gasteiger partial charge in [-0.1, -0.05) is 18.2 Å². The van der Waals surface area contributed by atoms with E-state index in [2.05, 4.69) is 20.3 Å². The van der Waals surface area contributed by atoms with Crippen LogP contribution in [0.2, 0.25) is 0 Å². The zero-order valence-electron chi connectivity index (χ0n) is 13.9. The molecule has 26 heavy (non-hydrogen) atoms. The number of H-pyrrole nitrogens is 1. The van der Waals surface area contributed by atoms with E-state index in [1.165, 1.54) is 30.5 Å².